The number of para-hydroxylation sites is 1. The lowest BCUT2D eigenvalue weighted by molar-refractivity contribution is 0.582. The van der Waals surface area contributed by atoms with E-state index in [2.05, 4.69) is 46.1 Å². The Labute approximate surface area is 130 Å². The van der Waals surface area contributed by atoms with Crippen molar-refractivity contribution >= 4 is 11.2 Å². The normalized spacial score (nSPS) is 18.1. The van der Waals surface area contributed by atoms with E-state index in [0.29, 0.717) is 6.04 Å². The molecule has 112 valence electrons. The van der Waals surface area contributed by atoms with E-state index < -0.39 is 0 Å². The van der Waals surface area contributed by atoms with Gasteiger partial charge in [-0.3, -0.25) is 4.57 Å². The first-order valence-corrected chi connectivity index (χ1v) is 7.94. The van der Waals surface area contributed by atoms with Crippen LogP contribution in [0.2, 0.25) is 0 Å². The molecule has 1 saturated heterocycles. The number of fused-ring (bicyclic) bond motifs is 1. The number of aromatic nitrogens is 3. The van der Waals surface area contributed by atoms with Crippen LogP contribution < -0.4 is 5.32 Å². The maximum Gasteiger partial charge on any atom is 0.164 e. The van der Waals surface area contributed by atoms with Crippen LogP contribution in [0.15, 0.2) is 42.6 Å². The fraction of sp³-hybridized carbons (Fsp3) is 0.333. The van der Waals surface area contributed by atoms with Crippen molar-refractivity contribution in [1.82, 2.24) is 19.9 Å². The van der Waals surface area contributed by atoms with Gasteiger partial charge in [-0.1, -0.05) is 18.2 Å². The van der Waals surface area contributed by atoms with Crippen molar-refractivity contribution < 1.29 is 0 Å². The van der Waals surface area contributed by atoms with Crippen LogP contribution in [-0.4, -0.2) is 27.1 Å². The second-order valence-electron chi connectivity index (χ2n) is 5.99. The molecule has 0 aliphatic carbocycles. The van der Waals surface area contributed by atoms with Crippen LogP contribution in [-0.2, 0) is 6.42 Å². The standard InChI is InChI=1S/C18H20N4/c1-13-6-2-3-9-16(13)22-17(12-14-7-4-10-19-14)21-15-8-5-11-20-18(15)22/h2-3,5-6,8-9,11,14,19H,4,7,10,12H2,1H3. The van der Waals surface area contributed by atoms with Crippen LogP contribution >= 0.6 is 0 Å². The summed E-state index contributed by atoms with van der Waals surface area (Å²) in [4.78, 5) is 9.43. The van der Waals surface area contributed by atoms with Crippen molar-refractivity contribution in [3.8, 4) is 5.69 Å². The number of hydrogen-bond acceptors (Lipinski definition) is 3. The van der Waals surface area contributed by atoms with Crippen LogP contribution in [0.1, 0.15) is 24.2 Å². The Kier molecular flexibility index (Phi) is 3.39. The topological polar surface area (TPSA) is 42.7 Å². The first-order valence-electron chi connectivity index (χ1n) is 7.94. The average molecular weight is 292 g/mol. The van der Waals surface area contributed by atoms with E-state index in [-0.39, 0.29) is 0 Å². The first kappa shape index (κ1) is 13.5. The molecule has 0 radical (unpaired) electrons. The Morgan fingerprint density at radius 2 is 2.14 bits per heavy atom. The minimum absolute atomic E-state index is 0.527. The smallest absolute Gasteiger partial charge is 0.164 e. The van der Waals surface area contributed by atoms with E-state index >= 15 is 0 Å². The number of nitrogens with zero attached hydrogens (tertiary/aromatic N) is 3. The van der Waals surface area contributed by atoms with Crippen LogP contribution in [0.4, 0.5) is 0 Å². The summed E-state index contributed by atoms with van der Waals surface area (Å²) in [5.41, 5.74) is 4.34. The summed E-state index contributed by atoms with van der Waals surface area (Å²) in [7, 11) is 0. The number of nitrogens with one attached hydrogen (secondary N) is 1. The number of aryl methyl sites for hydroxylation is 1. The van der Waals surface area contributed by atoms with Gasteiger partial charge >= 0.3 is 0 Å². The van der Waals surface area contributed by atoms with E-state index in [0.717, 1.165) is 30.0 Å². The molecule has 4 nitrogen and oxygen atoms in total. The SMILES string of the molecule is Cc1ccccc1-n1c(CC2CCCN2)nc2cccnc21. The molecule has 1 aromatic carbocycles. The Morgan fingerprint density at radius 1 is 1.23 bits per heavy atom. The average Bonchev–Trinajstić information content (AvgIpc) is 3.16. The summed E-state index contributed by atoms with van der Waals surface area (Å²) in [5, 5.41) is 3.57. The van der Waals surface area contributed by atoms with Gasteiger partial charge in [0.15, 0.2) is 5.65 Å². The Morgan fingerprint density at radius 3 is 2.95 bits per heavy atom. The van der Waals surface area contributed by atoms with Crippen LogP contribution in [0.5, 0.6) is 0 Å². The van der Waals surface area contributed by atoms with E-state index in [1.807, 2.05) is 18.3 Å². The lowest BCUT2D eigenvalue weighted by Gasteiger charge is -2.14. The molecule has 0 saturated carbocycles. The van der Waals surface area contributed by atoms with Gasteiger partial charge in [0.05, 0.1) is 5.69 Å². The second kappa shape index (κ2) is 5.54. The Hall–Kier alpha value is -2.20. The van der Waals surface area contributed by atoms with Gasteiger partial charge in [-0.25, -0.2) is 9.97 Å². The van der Waals surface area contributed by atoms with Gasteiger partial charge in [0, 0.05) is 18.7 Å². The molecular weight excluding hydrogens is 272 g/mol. The largest absolute Gasteiger partial charge is 0.314 e. The minimum Gasteiger partial charge on any atom is -0.314 e. The zero-order chi connectivity index (χ0) is 14.9. The number of benzene rings is 1. The molecule has 0 amide bonds. The number of hydrogen-bond donors (Lipinski definition) is 1. The molecule has 2 aromatic heterocycles. The molecule has 22 heavy (non-hydrogen) atoms. The monoisotopic (exact) mass is 292 g/mol. The molecule has 0 spiro atoms. The molecule has 4 rings (SSSR count). The third-order valence-electron chi connectivity index (χ3n) is 4.43. The first-order chi connectivity index (χ1) is 10.8. The predicted molar refractivity (Wildman–Crippen MR) is 88.3 cm³/mol. The van der Waals surface area contributed by atoms with Crippen LogP contribution in [0.25, 0.3) is 16.9 Å². The zero-order valence-electron chi connectivity index (χ0n) is 12.8. The molecule has 1 fully saturated rings. The van der Waals surface area contributed by atoms with Crippen molar-refractivity contribution in [3.63, 3.8) is 0 Å². The summed E-state index contributed by atoms with van der Waals surface area (Å²) in [5.74, 6) is 1.10. The molecule has 1 aliphatic heterocycles. The van der Waals surface area contributed by atoms with E-state index in [9.17, 15) is 0 Å². The minimum atomic E-state index is 0.527. The summed E-state index contributed by atoms with van der Waals surface area (Å²) in [6.07, 6.45) is 5.28. The van der Waals surface area contributed by atoms with Crippen molar-refractivity contribution in [2.45, 2.75) is 32.2 Å². The fourth-order valence-corrected chi connectivity index (χ4v) is 3.32. The zero-order valence-corrected chi connectivity index (χ0v) is 12.8. The van der Waals surface area contributed by atoms with Crippen LogP contribution in [0, 0.1) is 6.92 Å². The van der Waals surface area contributed by atoms with Crippen molar-refractivity contribution in [1.29, 1.82) is 0 Å². The lowest BCUT2D eigenvalue weighted by Crippen LogP contribution is -2.25. The molecule has 0 bridgehead atoms. The molecule has 1 unspecified atom stereocenters. The molecule has 1 aliphatic rings. The Balaban J connectivity index is 1.88. The Bertz CT molecular complexity index is 800. The molecule has 4 heteroatoms. The highest BCUT2D eigenvalue weighted by atomic mass is 15.1. The van der Waals surface area contributed by atoms with E-state index in [1.54, 1.807) is 0 Å². The highest BCUT2D eigenvalue weighted by molar-refractivity contribution is 5.74. The highest BCUT2D eigenvalue weighted by Gasteiger charge is 2.20. The summed E-state index contributed by atoms with van der Waals surface area (Å²) >= 11 is 0. The summed E-state index contributed by atoms with van der Waals surface area (Å²) in [6.45, 7) is 3.26. The van der Waals surface area contributed by atoms with Gasteiger partial charge in [0.25, 0.3) is 0 Å². The third-order valence-corrected chi connectivity index (χ3v) is 4.43. The maximum absolute atomic E-state index is 4.85. The molecule has 1 N–H and O–H groups in total. The number of imidazole rings is 1. The van der Waals surface area contributed by atoms with E-state index in [4.69, 9.17) is 4.98 Å². The maximum atomic E-state index is 4.85. The van der Waals surface area contributed by atoms with Gasteiger partial charge in [-0.05, 0) is 50.1 Å². The fourth-order valence-electron chi connectivity index (χ4n) is 3.32. The molecule has 3 heterocycles. The molecule has 1 atom stereocenters. The van der Waals surface area contributed by atoms with E-state index in [1.165, 1.54) is 24.1 Å². The van der Waals surface area contributed by atoms with Gasteiger partial charge in [-0.15, -0.1) is 0 Å². The predicted octanol–water partition coefficient (Wildman–Crippen LogP) is 3.02. The highest BCUT2D eigenvalue weighted by Crippen LogP contribution is 2.24. The van der Waals surface area contributed by atoms with Gasteiger partial charge in [-0.2, -0.15) is 0 Å². The van der Waals surface area contributed by atoms with Crippen molar-refractivity contribution in [2.24, 2.45) is 0 Å². The third kappa shape index (κ3) is 2.29. The second-order valence-corrected chi connectivity index (χ2v) is 5.99. The molecular formula is C18H20N4. The van der Waals surface area contributed by atoms with Crippen molar-refractivity contribution in [2.75, 3.05) is 6.54 Å². The summed E-state index contributed by atoms with van der Waals surface area (Å²) in [6, 6.07) is 13.0. The molecule has 3 aromatic rings. The summed E-state index contributed by atoms with van der Waals surface area (Å²) < 4.78 is 2.23. The van der Waals surface area contributed by atoms with Crippen molar-refractivity contribution in [3.05, 3.63) is 54.0 Å². The number of pyridine rings is 1. The van der Waals surface area contributed by atoms with Crippen LogP contribution in [0.3, 0.4) is 0 Å². The van der Waals surface area contributed by atoms with Gasteiger partial charge in [0.1, 0.15) is 11.3 Å². The quantitative estimate of drug-likeness (QED) is 0.807. The van der Waals surface area contributed by atoms with Gasteiger partial charge < -0.3 is 5.32 Å². The number of rotatable bonds is 3. The lowest BCUT2D eigenvalue weighted by atomic mass is 10.1. The van der Waals surface area contributed by atoms with Gasteiger partial charge in [0.2, 0.25) is 0 Å².